The lowest BCUT2D eigenvalue weighted by atomic mass is 9.99. The zero-order valence-electron chi connectivity index (χ0n) is 13.3. The number of aliphatic imine (C=N–C) groups is 1. The third-order valence-electron chi connectivity index (χ3n) is 3.96. The van der Waals surface area contributed by atoms with Crippen molar-refractivity contribution < 1.29 is 9.59 Å². The number of nitrogens with zero attached hydrogens (tertiary/aromatic N) is 1. The fraction of sp³-hybridized carbons (Fsp3) is 0.0952. The fourth-order valence-corrected chi connectivity index (χ4v) is 2.74. The second-order valence-corrected chi connectivity index (χ2v) is 5.59. The van der Waals surface area contributed by atoms with Gasteiger partial charge in [-0.15, -0.1) is 0 Å². The molecule has 0 fully saturated rings. The second-order valence-electron chi connectivity index (χ2n) is 5.59. The minimum absolute atomic E-state index is 0.162. The molecule has 0 saturated carbocycles. The summed E-state index contributed by atoms with van der Waals surface area (Å²) in [6.45, 7) is 1.72. The molecule has 0 radical (unpaired) electrons. The molecule has 0 saturated heterocycles. The topological polar surface area (TPSA) is 46.5 Å². The van der Waals surface area contributed by atoms with Crippen LogP contribution in [0.3, 0.4) is 0 Å². The van der Waals surface area contributed by atoms with Crippen molar-refractivity contribution in [3.05, 3.63) is 89.6 Å². The van der Waals surface area contributed by atoms with E-state index in [1.165, 1.54) is 0 Å². The van der Waals surface area contributed by atoms with Crippen molar-refractivity contribution in [2.45, 2.75) is 6.92 Å². The summed E-state index contributed by atoms with van der Waals surface area (Å²) in [5.41, 5.74) is 2.61. The molecule has 0 aliphatic heterocycles. The van der Waals surface area contributed by atoms with Crippen LogP contribution in [-0.2, 0) is 0 Å². The van der Waals surface area contributed by atoms with Crippen LogP contribution in [0.4, 0.5) is 0 Å². The first-order valence-electron chi connectivity index (χ1n) is 7.78. The van der Waals surface area contributed by atoms with Crippen molar-refractivity contribution in [2.75, 3.05) is 0 Å². The molecular formula is C21H17NO2. The number of Topliss-reactive ketones (excluding diaryl/α,β-unsaturated/α-hetero) is 2. The Balaban J connectivity index is 1.71. The van der Waals surface area contributed by atoms with Gasteiger partial charge in [-0.05, 0) is 18.6 Å². The highest BCUT2D eigenvalue weighted by Crippen LogP contribution is 2.27. The Hall–Kier alpha value is -3.07. The van der Waals surface area contributed by atoms with Crippen LogP contribution in [0.25, 0.3) is 6.08 Å². The Morgan fingerprint density at radius 3 is 2.08 bits per heavy atom. The van der Waals surface area contributed by atoms with Gasteiger partial charge in [-0.3, -0.25) is 14.6 Å². The molecule has 0 amide bonds. The van der Waals surface area contributed by atoms with Crippen molar-refractivity contribution in [1.29, 1.82) is 0 Å². The summed E-state index contributed by atoms with van der Waals surface area (Å²) >= 11 is 0. The number of carbonyl (C=O) groups is 2. The van der Waals surface area contributed by atoms with Crippen molar-refractivity contribution in [3.8, 4) is 0 Å². The van der Waals surface area contributed by atoms with Gasteiger partial charge in [0, 0.05) is 23.0 Å². The molecule has 0 spiro atoms. The number of carbonyl (C=O) groups excluding carboxylic acids is 2. The Bertz CT molecular complexity index is 825. The smallest absolute Gasteiger partial charge is 0.180 e. The Labute approximate surface area is 141 Å². The van der Waals surface area contributed by atoms with Crippen LogP contribution in [0.2, 0.25) is 0 Å². The predicted octanol–water partition coefficient (Wildman–Crippen LogP) is 4.37. The molecule has 1 aliphatic rings. The van der Waals surface area contributed by atoms with Gasteiger partial charge in [0.2, 0.25) is 0 Å². The fourth-order valence-electron chi connectivity index (χ4n) is 2.74. The van der Waals surface area contributed by atoms with Crippen LogP contribution in [0, 0.1) is 5.92 Å². The van der Waals surface area contributed by atoms with Gasteiger partial charge in [-0.1, -0.05) is 66.7 Å². The van der Waals surface area contributed by atoms with Crippen LogP contribution in [0.15, 0.2) is 77.9 Å². The van der Waals surface area contributed by atoms with Crippen LogP contribution >= 0.6 is 0 Å². The Morgan fingerprint density at radius 1 is 0.875 bits per heavy atom. The van der Waals surface area contributed by atoms with E-state index in [1.54, 1.807) is 43.5 Å². The molecule has 2 aromatic rings. The highest BCUT2D eigenvalue weighted by Gasteiger charge is 2.39. The average molecular weight is 315 g/mol. The molecule has 0 atom stereocenters. The summed E-state index contributed by atoms with van der Waals surface area (Å²) in [6, 6.07) is 16.9. The van der Waals surface area contributed by atoms with E-state index in [-0.39, 0.29) is 11.6 Å². The van der Waals surface area contributed by atoms with Gasteiger partial charge in [0.05, 0.1) is 0 Å². The lowest BCUT2D eigenvalue weighted by molar-refractivity contribution is 0.0883. The molecule has 0 heterocycles. The third-order valence-corrected chi connectivity index (χ3v) is 3.96. The SMILES string of the molecule is CC(=NC=CC=Cc1ccccc1)C1C(=O)c2ccccc2C1=O. The maximum atomic E-state index is 12.4. The van der Waals surface area contributed by atoms with E-state index >= 15 is 0 Å². The number of rotatable bonds is 4. The zero-order chi connectivity index (χ0) is 16.9. The average Bonchev–Trinajstić information content (AvgIpc) is 2.87. The molecule has 118 valence electrons. The standard InChI is InChI=1S/C21H17NO2/c1-15(22-14-8-7-11-16-9-3-2-4-10-16)19-20(23)17-12-5-6-13-18(17)21(19)24/h2-14,19H,1H3. The van der Waals surface area contributed by atoms with E-state index in [2.05, 4.69) is 4.99 Å². The van der Waals surface area contributed by atoms with Gasteiger partial charge in [0.15, 0.2) is 11.6 Å². The number of hydrogen-bond acceptors (Lipinski definition) is 3. The van der Waals surface area contributed by atoms with Gasteiger partial charge in [0.1, 0.15) is 5.92 Å². The molecule has 0 N–H and O–H groups in total. The predicted molar refractivity (Wildman–Crippen MR) is 96.3 cm³/mol. The van der Waals surface area contributed by atoms with E-state index in [0.717, 1.165) is 5.56 Å². The van der Waals surface area contributed by atoms with Crippen LogP contribution in [0.5, 0.6) is 0 Å². The molecular weight excluding hydrogens is 298 g/mol. The van der Waals surface area contributed by atoms with E-state index in [0.29, 0.717) is 16.8 Å². The highest BCUT2D eigenvalue weighted by atomic mass is 16.2. The Morgan fingerprint density at radius 2 is 1.46 bits per heavy atom. The van der Waals surface area contributed by atoms with Crippen molar-refractivity contribution in [1.82, 2.24) is 0 Å². The molecule has 0 unspecified atom stereocenters. The summed E-state index contributed by atoms with van der Waals surface area (Å²) in [5, 5.41) is 0. The maximum absolute atomic E-state index is 12.4. The van der Waals surface area contributed by atoms with E-state index in [4.69, 9.17) is 0 Å². The minimum Gasteiger partial charge on any atom is -0.293 e. The molecule has 3 heteroatoms. The molecule has 3 nitrogen and oxygen atoms in total. The lowest BCUT2D eigenvalue weighted by Crippen LogP contribution is -2.23. The molecule has 24 heavy (non-hydrogen) atoms. The second kappa shape index (κ2) is 7.01. The zero-order valence-corrected chi connectivity index (χ0v) is 13.3. The van der Waals surface area contributed by atoms with Crippen LogP contribution < -0.4 is 0 Å². The third kappa shape index (κ3) is 3.15. The molecule has 0 bridgehead atoms. The summed E-state index contributed by atoms with van der Waals surface area (Å²) in [6.07, 6.45) is 7.23. The first-order chi connectivity index (χ1) is 11.7. The van der Waals surface area contributed by atoms with Crippen molar-refractivity contribution in [2.24, 2.45) is 10.9 Å². The van der Waals surface area contributed by atoms with E-state index < -0.39 is 5.92 Å². The van der Waals surface area contributed by atoms with Gasteiger partial charge in [-0.2, -0.15) is 0 Å². The van der Waals surface area contributed by atoms with Gasteiger partial charge in [-0.25, -0.2) is 0 Å². The minimum atomic E-state index is -0.787. The lowest BCUT2D eigenvalue weighted by Gasteiger charge is -2.04. The Kier molecular flexibility index (Phi) is 4.62. The normalized spacial score (nSPS) is 15.6. The number of ketones is 2. The van der Waals surface area contributed by atoms with Crippen molar-refractivity contribution in [3.63, 3.8) is 0 Å². The van der Waals surface area contributed by atoms with Crippen LogP contribution in [-0.4, -0.2) is 17.3 Å². The van der Waals surface area contributed by atoms with E-state index in [1.807, 2.05) is 42.5 Å². The number of allylic oxidation sites excluding steroid dienone is 2. The van der Waals surface area contributed by atoms with E-state index in [9.17, 15) is 9.59 Å². The first-order valence-corrected chi connectivity index (χ1v) is 7.78. The molecule has 3 rings (SSSR count). The molecule has 2 aromatic carbocycles. The first kappa shape index (κ1) is 15.8. The number of hydrogen-bond donors (Lipinski definition) is 0. The maximum Gasteiger partial charge on any atom is 0.180 e. The largest absolute Gasteiger partial charge is 0.293 e. The van der Waals surface area contributed by atoms with Crippen molar-refractivity contribution >= 4 is 23.4 Å². The summed E-state index contributed by atoms with van der Waals surface area (Å²) in [7, 11) is 0. The molecule has 1 aliphatic carbocycles. The molecule has 0 aromatic heterocycles. The van der Waals surface area contributed by atoms with Gasteiger partial charge in [0.25, 0.3) is 0 Å². The van der Waals surface area contributed by atoms with Crippen LogP contribution in [0.1, 0.15) is 33.2 Å². The monoisotopic (exact) mass is 315 g/mol. The number of fused-ring (bicyclic) bond motifs is 1. The van der Waals surface area contributed by atoms with Gasteiger partial charge < -0.3 is 0 Å². The highest BCUT2D eigenvalue weighted by molar-refractivity contribution is 6.36. The number of benzene rings is 2. The summed E-state index contributed by atoms with van der Waals surface area (Å²) in [4.78, 5) is 29.0. The summed E-state index contributed by atoms with van der Waals surface area (Å²) < 4.78 is 0. The van der Waals surface area contributed by atoms with Gasteiger partial charge >= 0.3 is 0 Å². The quantitative estimate of drug-likeness (QED) is 0.478. The summed E-state index contributed by atoms with van der Waals surface area (Å²) in [5.74, 6) is -1.11.